The van der Waals surface area contributed by atoms with Crippen molar-refractivity contribution in [2.45, 2.75) is 64.5 Å². The molecule has 1 aliphatic heterocycles. The summed E-state index contributed by atoms with van der Waals surface area (Å²) in [5, 5.41) is 11.7. The minimum Gasteiger partial charge on any atom is -0.425 e. The number of hydrogen-bond donors (Lipinski definition) is 1. The first kappa shape index (κ1) is 14.5. The molecule has 1 fully saturated rings. The van der Waals surface area contributed by atoms with Gasteiger partial charge in [0.1, 0.15) is 0 Å². The molecule has 1 N–H and O–H groups in total. The molecule has 19 heavy (non-hydrogen) atoms. The van der Waals surface area contributed by atoms with Gasteiger partial charge in [0.15, 0.2) is 0 Å². The van der Waals surface area contributed by atoms with E-state index in [0.717, 1.165) is 44.2 Å². The molecule has 0 radical (unpaired) electrons. The van der Waals surface area contributed by atoms with E-state index in [-0.39, 0.29) is 17.6 Å². The first-order valence-corrected chi connectivity index (χ1v) is 7.14. The second kappa shape index (κ2) is 6.01. The summed E-state index contributed by atoms with van der Waals surface area (Å²) >= 11 is 0. The average molecular weight is 267 g/mol. The Hall–Kier alpha value is -0.940. The summed E-state index contributed by atoms with van der Waals surface area (Å²) < 4.78 is 11.3. The Labute approximate surface area is 115 Å². The molecule has 1 aliphatic rings. The molecule has 2 unspecified atom stereocenters. The number of aryl methyl sites for hydroxylation is 1. The highest BCUT2D eigenvalue weighted by Gasteiger charge is 2.30. The largest absolute Gasteiger partial charge is 0.425 e. The first-order chi connectivity index (χ1) is 8.96. The van der Waals surface area contributed by atoms with Crippen LogP contribution in [0, 0.1) is 0 Å². The van der Waals surface area contributed by atoms with Gasteiger partial charge in [0.05, 0.1) is 12.0 Å². The van der Waals surface area contributed by atoms with Gasteiger partial charge in [0.25, 0.3) is 0 Å². The Morgan fingerprint density at radius 1 is 1.32 bits per heavy atom. The molecule has 5 nitrogen and oxygen atoms in total. The van der Waals surface area contributed by atoms with E-state index in [1.807, 2.05) is 0 Å². The number of nitrogens with zero attached hydrogens (tertiary/aromatic N) is 2. The summed E-state index contributed by atoms with van der Waals surface area (Å²) in [7, 11) is 0. The quantitative estimate of drug-likeness (QED) is 0.829. The van der Waals surface area contributed by atoms with Crippen LogP contribution < -0.4 is 5.32 Å². The van der Waals surface area contributed by atoms with Gasteiger partial charge in [-0.15, -0.1) is 10.2 Å². The molecule has 0 aliphatic carbocycles. The van der Waals surface area contributed by atoms with Gasteiger partial charge in [-0.3, -0.25) is 0 Å². The van der Waals surface area contributed by atoms with Gasteiger partial charge in [-0.25, -0.2) is 0 Å². The SMILES string of the molecule is CC1OCCC1c1nnc(CCCNC(C)(C)C)o1. The van der Waals surface area contributed by atoms with Gasteiger partial charge in [-0.2, -0.15) is 0 Å². The van der Waals surface area contributed by atoms with E-state index in [2.05, 4.69) is 43.2 Å². The minimum atomic E-state index is 0.163. The van der Waals surface area contributed by atoms with Crippen LogP contribution >= 0.6 is 0 Å². The molecule has 0 saturated carbocycles. The van der Waals surface area contributed by atoms with Crippen LogP contribution in [0.5, 0.6) is 0 Å². The van der Waals surface area contributed by atoms with E-state index >= 15 is 0 Å². The molecular weight excluding hydrogens is 242 g/mol. The summed E-state index contributed by atoms with van der Waals surface area (Å²) in [4.78, 5) is 0. The highest BCUT2D eigenvalue weighted by Crippen LogP contribution is 2.30. The Kier molecular flexibility index (Phi) is 4.58. The third-order valence-corrected chi connectivity index (χ3v) is 3.40. The fourth-order valence-corrected chi connectivity index (χ4v) is 2.28. The third-order valence-electron chi connectivity index (χ3n) is 3.40. The smallest absolute Gasteiger partial charge is 0.222 e. The molecule has 0 bridgehead atoms. The molecule has 1 aromatic rings. The molecule has 1 aromatic heterocycles. The fourth-order valence-electron chi connectivity index (χ4n) is 2.28. The van der Waals surface area contributed by atoms with Crippen LogP contribution in [0.15, 0.2) is 4.42 Å². The number of rotatable bonds is 5. The van der Waals surface area contributed by atoms with Crippen LogP contribution in [-0.4, -0.2) is 35.0 Å². The van der Waals surface area contributed by atoms with E-state index in [0.29, 0.717) is 0 Å². The van der Waals surface area contributed by atoms with Crippen LogP contribution in [-0.2, 0) is 11.2 Å². The maximum atomic E-state index is 5.74. The second-order valence-corrected chi connectivity index (χ2v) is 6.29. The first-order valence-electron chi connectivity index (χ1n) is 7.14. The van der Waals surface area contributed by atoms with Gasteiger partial charge in [-0.05, 0) is 47.1 Å². The zero-order valence-electron chi connectivity index (χ0n) is 12.4. The Balaban J connectivity index is 1.78. The molecule has 2 heterocycles. The van der Waals surface area contributed by atoms with Gasteiger partial charge in [-0.1, -0.05) is 0 Å². The van der Waals surface area contributed by atoms with Crippen LogP contribution in [0.3, 0.4) is 0 Å². The highest BCUT2D eigenvalue weighted by molar-refractivity contribution is 4.97. The number of nitrogens with one attached hydrogen (secondary N) is 1. The molecule has 0 spiro atoms. The van der Waals surface area contributed by atoms with Crippen LogP contribution in [0.1, 0.15) is 58.2 Å². The van der Waals surface area contributed by atoms with Crippen molar-refractivity contribution in [2.75, 3.05) is 13.2 Å². The predicted molar refractivity (Wildman–Crippen MR) is 73.1 cm³/mol. The molecule has 1 saturated heterocycles. The summed E-state index contributed by atoms with van der Waals surface area (Å²) in [6.07, 6.45) is 3.01. The molecular formula is C14H25N3O2. The lowest BCUT2D eigenvalue weighted by molar-refractivity contribution is 0.114. The highest BCUT2D eigenvalue weighted by atomic mass is 16.5. The maximum Gasteiger partial charge on any atom is 0.222 e. The van der Waals surface area contributed by atoms with E-state index in [9.17, 15) is 0 Å². The van der Waals surface area contributed by atoms with Crippen LogP contribution in [0.4, 0.5) is 0 Å². The second-order valence-electron chi connectivity index (χ2n) is 6.29. The van der Waals surface area contributed by atoms with Crippen LogP contribution in [0.2, 0.25) is 0 Å². The van der Waals surface area contributed by atoms with Gasteiger partial charge in [0.2, 0.25) is 11.8 Å². The molecule has 2 rings (SSSR count). The van der Waals surface area contributed by atoms with Gasteiger partial charge in [0, 0.05) is 18.6 Å². The molecule has 2 atom stereocenters. The van der Waals surface area contributed by atoms with Gasteiger partial charge < -0.3 is 14.5 Å². The lowest BCUT2D eigenvalue weighted by Gasteiger charge is -2.19. The van der Waals surface area contributed by atoms with Crippen molar-refractivity contribution in [1.29, 1.82) is 0 Å². The van der Waals surface area contributed by atoms with Crippen molar-refractivity contribution >= 4 is 0 Å². The van der Waals surface area contributed by atoms with Crippen LogP contribution in [0.25, 0.3) is 0 Å². The summed E-state index contributed by atoms with van der Waals surface area (Å²) in [5.41, 5.74) is 0.163. The third kappa shape index (κ3) is 4.28. The topological polar surface area (TPSA) is 60.2 Å². The number of hydrogen-bond acceptors (Lipinski definition) is 5. The monoisotopic (exact) mass is 267 g/mol. The normalized spacial score (nSPS) is 24.0. The Morgan fingerprint density at radius 2 is 2.11 bits per heavy atom. The predicted octanol–water partition coefficient (Wildman–Crippen LogP) is 2.28. The average Bonchev–Trinajstić information content (AvgIpc) is 2.91. The molecule has 108 valence electrons. The zero-order valence-corrected chi connectivity index (χ0v) is 12.4. The van der Waals surface area contributed by atoms with E-state index in [1.165, 1.54) is 0 Å². The van der Waals surface area contributed by atoms with Crippen molar-refractivity contribution in [3.63, 3.8) is 0 Å². The van der Waals surface area contributed by atoms with E-state index in [4.69, 9.17) is 9.15 Å². The van der Waals surface area contributed by atoms with E-state index in [1.54, 1.807) is 0 Å². The van der Waals surface area contributed by atoms with Crippen molar-refractivity contribution in [1.82, 2.24) is 15.5 Å². The van der Waals surface area contributed by atoms with Crippen molar-refractivity contribution in [2.24, 2.45) is 0 Å². The fraction of sp³-hybridized carbons (Fsp3) is 0.857. The Morgan fingerprint density at radius 3 is 2.74 bits per heavy atom. The minimum absolute atomic E-state index is 0.163. The maximum absolute atomic E-state index is 5.74. The summed E-state index contributed by atoms with van der Waals surface area (Å²) in [6, 6.07) is 0. The lowest BCUT2D eigenvalue weighted by Crippen LogP contribution is -2.36. The van der Waals surface area contributed by atoms with Crippen molar-refractivity contribution in [3.8, 4) is 0 Å². The van der Waals surface area contributed by atoms with Crippen molar-refractivity contribution < 1.29 is 9.15 Å². The number of ether oxygens (including phenoxy) is 1. The van der Waals surface area contributed by atoms with Gasteiger partial charge >= 0.3 is 0 Å². The molecule has 0 amide bonds. The summed E-state index contributed by atoms with van der Waals surface area (Å²) in [6.45, 7) is 10.3. The Bertz CT molecular complexity index is 398. The lowest BCUT2D eigenvalue weighted by atomic mass is 10.0. The molecule has 0 aromatic carbocycles. The zero-order chi connectivity index (χ0) is 13.9. The van der Waals surface area contributed by atoms with E-state index < -0.39 is 0 Å². The summed E-state index contributed by atoms with van der Waals surface area (Å²) in [5.74, 6) is 1.75. The van der Waals surface area contributed by atoms with Crippen molar-refractivity contribution in [3.05, 3.63) is 11.8 Å². The number of aromatic nitrogens is 2. The standard InChI is InChI=1S/C14H25N3O2/c1-10-11(7-9-18-10)13-17-16-12(19-13)6-5-8-15-14(2,3)4/h10-11,15H,5-9H2,1-4H3. The molecule has 5 heteroatoms.